The molecule has 19 heavy (non-hydrogen) atoms. The normalized spacial score (nSPS) is 10.6. The highest BCUT2D eigenvalue weighted by Gasteiger charge is 2.18. The van der Waals surface area contributed by atoms with Gasteiger partial charge >= 0.3 is 0 Å². The van der Waals surface area contributed by atoms with Gasteiger partial charge in [-0.25, -0.2) is 26.3 Å². The van der Waals surface area contributed by atoms with Gasteiger partial charge in [-0.15, -0.1) is 0 Å². The number of benzene rings is 2. The summed E-state index contributed by atoms with van der Waals surface area (Å²) < 4.78 is 77.9. The average Bonchev–Trinajstić information content (AvgIpc) is 2.39. The van der Waals surface area contributed by atoms with E-state index >= 15 is 0 Å². The number of hydrogen-bond acceptors (Lipinski definition) is 0. The Morgan fingerprint density at radius 3 is 1.26 bits per heavy atom. The molecular weight excluding hydrogens is 269 g/mol. The molecule has 0 aliphatic carbocycles. The van der Waals surface area contributed by atoms with Gasteiger partial charge in [-0.2, -0.15) is 0 Å². The Labute approximate surface area is 104 Å². The fraction of sp³-hybridized carbons (Fsp3) is 0. The van der Waals surface area contributed by atoms with E-state index in [0.717, 1.165) is 19.4 Å². The molecule has 0 fully saturated rings. The van der Waals surface area contributed by atoms with E-state index in [4.69, 9.17) is 0 Å². The summed E-state index contributed by atoms with van der Waals surface area (Å²) >= 11 is 0. The summed E-state index contributed by atoms with van der Waals surface area (Å²) in [5, 5.41) is 0. The Kier molecular flexibility index (Phi) is 3.55. The molecule has 0 N–H and O–H groups in total. The zero-order valence-corrected chi connectivity index (χ0v) is 9.15. The molecule has 0 spiro atoms. The maximum Gasteiger partial charge on any atom is 0.199 e. The Morgan fingerprint density at radius 1 is 0.526 bits per heavy atom. The molecule has 97 valence electrons. The van der Waals surface area contributed by atoms with Crippen LogP contribution in [0.15, 0.2) is 24.3 Å². The van der Waals surface area contributed by atoms with Crippen molar-refractivity contribution in [2.75, 3.05) is 0 Å². The summed E-state index contributed by atoms with van der Waals surface area (Å²) in [7, 11) is 0.746. The zero-order valence-electron chi connectivity index (χ0n) is 9.15. The predicted octanol–water partition coefficient (Wildman–Crippen LogP) is 2.18. The Morgan fingerprint density at radius 2 is 0.895 bits per heavy atom. The third-order valence-electron chi connectivity index (χ3n) is 2.44. The van der Waals surface area contributed by atoms with E-state index in [-0.39, 0.29) is 0 Å². The lowest BCUT2D eigenvalue weighted by Crippen LogP contribution is -2.33. The monoisotopic (exact) mass is 273 g/mol. The molecule has 2 rings (SSSR count). The first-order valence-electron chi connectivity index (χ1n) is 5.03. The molecule has 1 radical (unpaired) electrons. The lowest BCUT2D eigenvalue weighted by molar-refractivity contribution is 0.450. The second-order valence-corrected chi connectivity index (χ2v) is 3.67. The molecule has 0 atom stereocenters. The van der Waals surface area contributed by atoms with Crippen LogP contribution in [-0.2, 0) is 0 Å². The third kappa shape index (κ3) is 2.45. The molecule has 2 aromatic carbocycles. The van der Waals surface area contributed by atoms with Gasteiger partial charge in [0.05, 0.1) is 0 Å². The van der Waals surface area contributed by atoms with Crippen molar-refractivity contribution < 1.29 is 26.3 Å². The minimum atomic E-state index is -1.73. The number of rotatable bonds is 2. The molecule has 0 nitrogen and oxygen atoms in total. The van der Waals surface area contributed by atoms with Gasteiger partial charge in [0.1, 0.15) is 0 Å². The molecule has 2 aromatic rings. The number of halogens is 6. The van der Waals surface area contributed by atoms with Gasteiger partial charge < -0.3 is 0 Å². The van der Waals surface area contributed by atoms with Crippen LogP contribution in [0.5, 0.6) is 0 Å². The highest BCUT2D eigenvalue weighted by atomic mass is 19.2. The van der Waals surface area contributed by atoms with Crippen molar-refractivity contribution in [1.29, 1.82) is 0 Å². The summed E-state index contributed by atoms with van der Waals surface area (Å²) in [6.45, 7) is 0. The van der Waals surface area contributed by atoms with Gasteiger partial charge in [0.2, 0.25) is 0 Å². The molecule has 0 aromatic heterocycles. The fourth-order valence-electron chi connectivity index (χ4n) is 1.47. The van der Waals surface area contributed by atoms with E-state index < -0.39 is 45.8 Å². The zero-order chi connectivity index (χ0) is 14.2. The fourth-order valence-corrected chi connectivity index (χ4v) is 1.47. The van der Waals surface area contributed by atoms with Crippen molar-refractivity contribution in [2.24, 2.45) is 0 Å². The maximum absolute atomic E-state index is 13.3. The summed E-state index contributed by atoms with van der Waals surface area (Å²) in [4.78, 5) is 0. The van der Waals surface area contributed by atoms with E-state index in [9.17, 15) is 26.3 Å². The highest BCUT2D eigenvalue weighted by molar-refractivity contribution is 6.67. The maximum atomic E-state index is 13.3. The van der Waals surface area contributed by atoms with Crippen LogP contribution >= 0.6 is 0 Å². The second kappa shape index (κ2) is 4.99. The minimum absolute atomic E-state index is 0.483. The standard InChI is InChI=1S/C12H4BF6/c14-7-3-1-5(9(16)11(7)18)13-6-2-4-8(15)12(19)10(6)17/h1-4H. The Balaban J connectivity index is 2.43. The molecule has 0 aliphatic heterocycles. The van der Waals surface area contributed by atoms with Gasteiger partial charge in [-0.05, 0) is 23.1 Å². The van der Waals surface area contributed by atoms with Crippen molar-refractivity contribution in [1.82, 2.24) is 0 Å². The van der Waals surface area contributed by atoms with E-state index in [2.05, 4.69) is 0 Å². The van der Waals surface area contributed by atoms with Crippen LogP contribution in [0, 0.1) is 34.9 Å². The molecular formula is C12H4BF6. The molecule has 0 saturated heterocycles. The second-order valence-electron chi connectivity index (χ2n) is 3.67. The summed E-state index contributed by atoms with van der Waals surface area (Å²) in [5.41, 5.74) is -0.965. The molecule has 0 amide bonds. The predicted molar refractivity (Wildman–Crippen MR) is 57.7 cm³/mol. The van der Waals surface area contributed by atoms with E-state index in [1.165, 1.54) is 0 Å². The summed E-state index contributed by atoms with van der Waals surface area (Å²) in [6, 6.07) is 2.99. The van der Waals surface area contributed by atoms with Crippen LogP contribution in [0.4, 0.5) is 26.3 Å². The third-order valence-corrected chi connectivity index (χ3v) is 2.44. The van der Waals surface area contributed by atoms with Gasteiger partial charge in [0.15, 0.2) is 42.2 Å². The van der Waals surface area contributed by atoms with Crippen molar-refractivity contribution in [3.05, 3.63) is 59.2 Å². The topological polar surface area (TPSA) is 0 Å². The minimum Gasteiger partial charge on any atom is -0.204 e. The largest absolute Gasteiger partial charge is 0.204 e. The molecule has 0 unspecified atom stereocenters. The van der Waals surface area contributed by atoms with Crippen LogP contribution in [0.2, 0.25) is 0 Å². The first-order valence-corrected chi connectivity index (χ1v) is 5.03. The van der Waals surface area contributed by atoms with Crippen molar-refractivity contribution >= 4 is 18.2 Å². The summed E-state index contributed by atoms with van der Waals surface area (Å²) in [6.07, 6.45) is 0. The van der Waals surface area contributed by atoms with E-state index in [1.807, 2.05) is 0 Å². The first kappa shape index (κ1) is 13.5. The lowest BCUT2D eigenvalue weighted by atomic mass is 9.63. The van der Waals surface area contributed by atoms with Gasteiger partial charge in [-0.3, -0.25) is 0 Å². The molecule has 0 saturated carbocycles. The van der Waals surface area contributed by atoms with Crippen molar-refractivity contribution in [3.63, 3.8) is 0 Å². The van der Waals surface area contributed by atoms with Gasteiger partial charge in [0, 0.05) is 0 Å². The van der Waals surface area contributed by atoms with Crippen LogP contribution in [0.3, 0.4) is 0 Å². The molecule has 0 aliphatic rings. The van der Waals surface area contributed by atoms with Crippen LogP contribution < -0.4 is 10.9 Å². The average molecular weight is 273 g/mol. The Hall–Kier alpha value is -1.92. The van der Waals surface area contributed by atoms with Crippen LogP contribution in [-0.4, -0.2) is 7.28 Å². The van der Waals surface area contributed by atoms with Gasteiger partial charge in [-0.1, -0.05) is 12.1 Å². The smallest absolute Gasteiger partial charge is 0.199 e. The summed E-state index contributed by atoms with van der Waals surface area (Å²) in [5.74, 6) is -9.33. The quantitative estimate of drug-likeness (QED) is 0.447. The highest BCUT2D eigenvalue weighted by Crippen LogP contribution is 2.09. The van der Waals surface area contributed by atoms with Crippen molar-refractivity contribution in [3.8, 4) is 0 Å². The Bertz CT molecular complexity index is 585. The molecule has 7 heteroatoms. The lowest BCUT2D eigenvalue weighted by Gasteiger charge is -2.06. The number of hydrogen-bond donors (Lipinski definition) is 0. The van der Waals surface area contributed by atoms with E-state index in [0.29, 0.717) is 12.1 Å². The van der Waals surface area contributed by atoms with Gasteiger partial charge in [0.25, 0.3) is 0 Å². The van der Waals surface area contributed by atoms with Crippen LogP contribution in [0.25, 0.3) is 0 Å². The molecule has 0 heterocycles. The van der Waals surface area contributed by atoms with Crippen LogP contribution in [0.1, 0.15) is 0 Å². The van der Waals surface area contributed by atoms with E-state index in [1.54, 1.807) is 0 Å². The SMILES string of the molecule is Fc1ccc([B]c2ccc(F)c(F)c2F)c(F)c1F. The molecule has 0 bridgehead atoms. The van der Waals surface area contributed by atoms with Crippen molar-refractivity contribution in [2.45, 2.75) is 0 Å². The first-order chi connectivity index (χ1) is 8.91.